The van der Waals surface area contributed by atoms with Gasteiger partial charge in [-0.15, -0.1) is 0 Å². The molecule has 94 valence electrons. The summed E-state index contributed by atoms with van der Waals surface area (Å²) in [5.41, 5.74) is -0.351. The van der Waals surface area contributed by atoms with Crippen LogP contribution in [-0.2, 0) is 9.53 Å². The zero-order chi connectivity index (χ0) is 12.2. The summed E-state index contributed by atoms with van der Waals surface area (Å²) in [5.74, 6) is 0.103. The Morgan fingerprint density at radius 2 is 1.94 bits per heavy atom. The van der Waals surface area contributed by atoms with Crippen molar-refractivity contribution < 1.29 is 9.53 Å². The number of esters is 1. The predicted molar refractivity (Wildman–Crippen MR) is 73.9 cm³/mol. The normalized spacial score (nSPS) is 19.8. The number of piperidine rings is 1. The number of likely N-dealkylation sites (tertiary alicyclic amines) is 1. The van der Waals surface area contributed by atoms with Crippen LogP contribution in [0.3, 0.4) is 0 Å². The number of nitrogens with zero attached hydrogens (tertiary/aromatic N) is 1. The van der Waals surface area contributed by atoms with Gasteiger partial charge in [0.15, 0.2) is 0 Å². The molecule has 0 amide bonds. The summed E-state index contributed by atoms with van der Waals surface area (Å²) in [5, 5.41) is 0. The summed E-state index contributed by atoms with van der Waals surface area (Å²) in [4.78, 5) is 14.3. The maximum Gasteiger partial charge on any atom is 0.309 e. The standard InChI is InChI=1S/C12H22INO2/c1-12(2,3)16-11(15)10-4-7-14(8-5-10)9-6-13/h10H,4-9H2,1-3H3. The molecule has 0 bridgehead atoms. The Labute approximate surface area is 112 Å². The van der Waals surface area contributed by atoms with Crippen LogP contribution in [0.4, 0.5) is 0 Å². The first-order valence-electron chi connectivity index (χ1n) is 5.93. The fraction of sp³-hybridized carbons (Fsp3) is 0.917. The molecular formula is C12H22INO2. The van der Waals surface area contributed by atoms with Crippen LogP contribution >= 0.6 is 22.6 Å². The van der Waals surface area contributed by atoms with Crippen molar-refractivity contribution in [3.8, 4) is 0 Å². The van der Waals surface area contributed by atoms with E-state index in [0.717, 1.165) is 36.9 Å². The van der Waals surface area contributed by atoms with Crippen LogP contribution in [0, 0.1) is 5.92 Å². The molecule has 1 saturated heterocycles. The maximum atomic E-state index is 11.8. The third kappa shape index (κ3) is 4.99. The molecule has 0 unspecified atom stereocenters. The van der Waals surface area contributed by atoms with E-state index >= 15 is 0 Å². The predicted octanol–water partition coefficient (Wildman–Crippen LogP) is 2.48. The average Bonchev–Trinajstić information content (AvgIpc) is 2.16. The first-order chi connectivity index (χ1) is 7.42. The quantitative estimate of drug-likeness (QED) is 0.449. The molecule has 0 saturated carbocycles. The third-order valence-electron chi connectivity index (χ3n) is 2.73. The highest BCUT2D eigenvalue weighted by atomic mass is 127. The molecule has 0 N–H and O–H groups in total. The highest BCUT2D eigenvalue weighted by Crippen LogP contribution is 2.21. The van der Waals surface area contributed by atoms with E-state index in [0.29, 0.717) is 0 Å². The third-order valence-corrected chi connectivity index (χ3v) is 3.21. The molecule has 1 rings (SSSR count). The summed E-state index contributed by atoms with van der Waals surface area (Å²) in [7, 11) is 0. The number of ether oxygens (including phenoxy) is 1. The highest BCUT2D eigenvalue weighted by Gasteiger charge is 2.28. The fourth-order valence-corrected chi connectivity index (χ4v) is 2.58. The Balaban J connectivity index is 2.33. The van der Waals surface area contributed by atoms with E-state index in [4.69, 9.17) is 4.74 Å². The Morgan fingerprint density at radius 3 is 2.38 bits per heavy atom. The van der Waals surface area contributed by atoms with Gasteiger partial charge < -0.3 is 9.64 Å². The van der Waals surface area contributed by atoms with Crippen molar-refractivity contribution in [2.75, 3.05) is 24.1 Å². The second-order valence-electron chi connectivity index (χ2n) is 5.34. The second kappa shape index (κ2) is 6.19. The first kappa shape index (κ1) is 14.2. The number of hydrogen-bond donors (Lipinski definition) is 0. The van der Waals surface area contributed by atoms with Gasteiger partial charge in [-0.05, 0) is 46.7 Å². The zero-order valence-corrected chi connectivity index (χ0v) is 12.6. The molecule has 0 radical (unpaired) electrons. The Hall–Kier alpha value is 0.160. The molecular weight excluding hydrogens is 317 g/mol. The molecule has 0 aliphatic carbocycles. The number of rotatable bonds is 3. The molecule has 3 nitrogen and oxygen atoms in total. The van der Waals surface area contributed by atoms with Crippen LogP contribution in [-0.4, -0.2) is 40.5 Å². The Morgan fingerprint density at radius 1 is 1.38 bits per heavy atom. The van der Waals surface area contributed by atoms with Crippen molar-refractivity contribution >= 4 is 28.6 Å². The lowest BCUT2D eigenvalue weighted by Gasteiger charge is -2.32. The average molecular weight is 339 g/mol. The van der Waals surface area contributed by atoms with Crippen molar-refractivity contribution in [2.45, 2.75) is 39.2 Å². The summed E-state index contributed by atoms with van der Waals surface area (Å²) in [6.45, 7) is 8.99. The van der Waals surface area contributed by atoms with Gasteiger partial charge in [0.25, 0.3) is 0 Å². The van der Waals surface area contributed by atoms with Crippen molar-refractivity contribution in [1.29, 1.82) is 0 Å². The molecule has 0 spiro atoms. The lowest BCUT2D eigenvalue weighted by molar-refractivity contribution is -0.161. The number of alkyl halides is 1. The van der Waals surface area contributed by atoms with E-state index in [1.165, 1.54) is 0 Å². The molecule has 1 fully saturated rings. The Kier molecular flexibility index (Phi) is 5.50. The Bertz CT molecular complexity index is 230. The molecule has 1 aliphatic heterocycles. The summed E-state index contributed by atoms with van der Waals surface area (Å²) < 4.78 is 6.58. The second-order valence-corrected chi connectivity index (χ2v) is 6.42. The highest BCUT2D eigenvalue weighted by molar-refractivity contribution is 14.1. The van der Waals surface area contributed by atoms with Crippen LogP contribution < -0.4 is 0 Å². The van der Waals surface area contributed by atoms with Gasteiger partial charge in [0, 0.05) is 11.0 Å². The molecule has 0 aromatic heterocycles. The van der Waals surface area contributed by atoms with Crippen LogP contribution in [0.2, 0.25) is 0 Å². The maximum absolute atomic E-state index is 11.8. The first-order valence-corrected chi connectivity index (χ1v) is 7.46. The topological polar surface area (TPSA) is 29.5 Å². The van der Waals surface area contributed by atoms with Gasteiger partial charge in [0.2, 0.25) is 0 Å². The molecule has 1 heterocycles. The summed E-state index contributed by atoms with van der Waals surface area (Å²) >= 11 is 2.39. The van der Waals surface area contributed by atoms with E-state index in [1.807, 2.05) is 20.8 Å². The van der Waals surface area contributed by atoms with Crippen LogP contribution in [0.25, 0.3) is 0 Å². The number of halogens is 1. The van der Waals surface area contributed by atoms with E-state index in [2.05, 4.69) is 27.5 Å². The lowest BCUT2D eigenvalue weighted by atomic mass is 9.97. The molecule has 16 heavy (non-hydrogen) atoms. The van der Waals surface area contributed by atoms with Crippen molar-refractivity contribution in [1.82, 2.24) is 4.90 Å². The monoisotopic (exact) mass is 339 g/mol. The van der Waals surface area contributed by atoms with Crippen LogP contribution in [0.1, 0.15) is 33.6 Å². The van der Waals surface area contributed by atoms with Gasteiger partial charge >= 0.3 is 5.97 Å². The van der Waals surface area contributed by atoms with Gasteiger partial charge in [0.05, 0.1) is 5.92 Å². The van der Waals surface area contributed by atoms with Crippen molar-refractivity contribution in [2.24, 2.45) is 5.92 Å². The van der Waals surface area contributed by atoms with E-state index < -0.39 is 0 Å². The number of hydrogen-bond acceptors (Lipinski definition) is 3. The van der Waals surface area contributed by atoms with Gasteiger partial charge in [-0.3, -0.25) is 4.79 Å². The van der Waals surface area contributed by atoms with Gasteiger partial charge in [0.1, 0.15) is 5.60 Å². The fourth-order valence-electron chi connectivity index (χ4n) is 1.90. The minimum absolute atomic E-state index is 0.0124. The van der Waals surface area contributed by atoms with Crippen molar-refractivity contribution in [3.63, 3.8) is 0 Å². The van der Waals surface area contributed by atoms with Crippen LogP contribution in [0.15, 0.2) is 0 Å². The summed E-state index contributed by atoms with van der Waals surface area (Å²) in [6, 6.07) is 0. The van der Waals surface area contributed by atoms with E-state index in [1.54, 1.807) is 0 Å². The molecule has 1 aliphatic rings. The van der Waals surface area contributed by atoms with Gasteiger partial charge in [-0.25, -0.2) is 0 Å². The zero-order valence-electron chi connectivity index (χ0n) is 10.5. The van der Waals surface area contributed by atoms with Gasteiger partial charge in [-0.1, -0.05) is 22.6 Å². The van der Waals surface area contributed by atoms with Crippen molar-refractivity contribution in [3.05, 3.63) is 0 Å². The lowest BCUT2D eigenvalue weighted by Crippen LogP contribution is -2.39. The SMILES string of the molecule is CC(C)(C)OC(=O)C1CCN(CCI)CC1. The smallest absolute Gasteiger partial charge is 0.309 e. The minimum Gasteiger partial charge on any atom is -0.460 e. The van der Waals surface area contributed by atoms with E-state index in [9.17, 15) is 4.79 Å². The van der Waals surface area contributed by atoms with E-state index in [-0.39, 0.29) is 17.5 Å². The minimum atomic E-state index is -0.351. The molecule has 0 aromatic rings. The molecule has 0 aromatic carbocycles. The summed E-state index contributed by atoms with van der Waals surface area (Å²) in [6.07, 6.45) is 1.90. The largest absolute Gasteiger partial charge is 0.460 e. The van der Waals surface area contributed by atoms with Crippen LogP contribution in [0.5, 0.6) is 0 Å². The molecule has 4 heteroatoms. The molecule has 0 atom stereocenters. The number of carbonyl (C=O) groups excluding carboxylic acids is 1. The number of carbonyl (C=O) groups is 1. The van der Waals surface area contributed by atoms with Gasteiger partial charge in [-0.2, -0.15) is 0 Å².